The van der Waals surface area contributed by atoms with Gasteiger partial charge in [-0.15, -0.1) is 0 Å². The van der Waals surface area contributed by atoms with Gasteiger partial charge in [-0.1, -0.05) is 43.4 Å². The quantitative estimate of drug-likeness (QED) is 0.187. The third-order valence-corrected chi connectivity index (χ3v) is 6.48. The molecule has 1 heterocycles. The first-order valence-electron chi connectivity index (χ1n) is 11.8. The zero-order valence-electron chi connectivity index (χ0n) is 20.5. The Balaban J connectivity index is 1.87. The molecule has 1 aromatic carbocycles. The molecule has 0 aliphatic heterocycles. The molecular weight excluding hydrogens is 468 g/mol. The van der Waals surface area contributed by atoms with Crippen molar-refractivity contribution in [1.29, 1.82) is 0 Å². The van der Waals surface area contributed by atoms with Crippen molar-refractivity contribution in [2.24, 2.45) is 0 Å². The normalized spacial score (nSPS) is 10.6. The zero-order valence-corrected chi connectivity index (χ0v) is 21.3. The van der Waals surface area contributed by atoms with Crippen molar-refractivity contribution in [3.63, 3.8) is 0 Å². The van der Waals surface area contributed by atoms with E-state index >= 15 is 0 Å². The SMILES string of the molecule is CC(=O)Nc1cc(NCCCCCCCCCC(=O)O)ccc1C(=O)Nc1nc(C)c(C(C)=O)s1. The number of carboxylic acids is 1. The molecule has 0 aliphatic carbocycles. The Morgan fingerprint density at radius 3 is 2.20 bits per heavy atom. The van der Waals surface area contributed by atoms with E-state index in [1.807, 2.05) is 0 Å². The highest BCUT2D eigenvalue weighted by Crippen LogP contribution is 2.26. The number of benzene rings is 1. The number of rotatable bonds is 15. The molecule has 190 valence electrons. The minimum absolute atomic E-state index is 0.106. The van der Waals surface area contributed by atoms with E-state index in [2.05, 4.69) is 20.9 Å². The minimum atomic E-state index is -0.732. The van der Waals surface area contributed by atoms with E-state index in [1.54, 1.807) is 25.1 Å². The van der Waals surface area contributed by atoms with Gasteiger partial charge in [0.05, 0.1) is 21.8 Å². The van der Waals surface area contributed by atoms with Gasteiger partial charge in [0.2, 0.25) is 5.91 Å². The van der Waals surface area contributed by atoms with Gasteiger partial charge in [-0.2, -0.15) is 0 Å². The fraction of sp³-hybridized carbons (Fsp3) is 0.480. The van der Waals surface area contributed by atoms with Gasteiger partial charge in [0.1, 0.15) is 0 Å². The van der Waals surface area contributed by atoms with Crippen molar-refractivity contribution in [2.45, 2.75) is 72.1 Å². The molecule has 0 radical (unpaired) electrons. The standard InChI is InChI=1S/C25H34N4O5S/c1-16-23(17(2)30)35-25(27-16)29-24(34)20-13-12-19(15-21(20)28-18(3)31)26-14-10-8-6-4-5-7-9-11-22(32)33/h12-13,15,26H,4-11,14H2,1-3H3,(H,28,31)(H,32,33)(H,27,29,34). The summed E-state index contributed by atoms with van der Waals surface area (Å²) in [5.41, 5.74) is 2.05. The van der Waals surface area contributed by atoms with E-state index in [0.29, 0.717) is 27.0 Å². The molecule has 0 saturated carbocycles. The predicted octanol–water partition coefficient (Wildman–Crippen LogP) is 5.48. The number of carbonyl (C=O) groups excluding carboxylic acids is 3. The molecule has 0 fully saturated rings. The van der Waals surface area contributed by atoms with Crippen LogP contribution in [0.5, 0.6) is 0 Å². The van der Waals surface area contributed by atoms with Gasteiger partial charge in [-0.3, -0.25) is 24.5 Å². The molecule has 0 aliphatic rings. The lowest BCUT2D eigenvalue weighted by atomic mass is 10.1. The number of unbranched alkanes of at least 4 members (excludes halogenated alkanes) is 6. The highest BCUT2D eigenvalue weighted by molar-refractivity contribution is 7.17. The zero-order chi connectivity index (χ0) is 25.8. The Hall–Kier alpha value is -3.27. The van der Waals surface area contributed by atoms with E-state index in [0.717, 1.165) is 68.5 Å². The fourth-order valence-corrected chi connectivity index (χ4v) is 4.46. The van der Waals surface area contributed by atoms with E-state index in [9.17, 15) is 19.2 Å². The minimum Gasteiger partial charge on any atom is -0.481 e. The van der Waals surface area contributed by atoms with E-state index in [-0.39, 0.29) is 18.1 Å². The summed E-state index contributed by atoms with van der Waals surface area (Å²) in [6, 6.07) is 5.16. The molecule has 0 unspecified atom stereocenters. The Kier molecular flexibility index (Phi) is 11.4. The third-order valence-electron chi connectivity index (χ3n) is 5.31. The number of hydrogen-bond donors (Lipinski definition) is 4. The number of Topliss-reactive ketones (excluding diaryl/α,β-unsaturated/α-hetero) is 1. The smallest absolute Gasteiger partial charge is 0.303 e. The van der Waals surface area contributed by atoms with Gasteiger partial charge < -0.3 is 15.7 Å². The first kappa shape index (κ1) is 28.0. The van der Waals surface area contributed by atoms with Crippen LogP contribution >= 0.6 is 11.3 Å². The monoisotopic (exact) mass is 502 g/mol. The van der Waals surface area contributed by atoms with Crippen molar-refractivity contribution < 1.29 is 24.3 Å². The van der Waals surface area contributed by atoms with E-state index in [1.165, 1.54) is 13.8 Å². The highest BCUT2D eigenvalue weighted by atomic mass is 32.1. The lowest BCUT2D eigenvalue weighted by Gasteiger charge is -2.13. The van der Waals surface area contributed by atoms with Crippen LogP contribution in [0.1, 0.15) is 90.9 Å². The number of aromatic nitrogens is 1. The summed E-state index contributed by atoms with van der Waals surface area (Å²) < 4.78 is 0. The first-order valence-corrected chi connectivity index (χ1v) is 12.7. The number of hydrogen-bond acceptors (Lipinski definition) is 7. The molecule has 35 heavy (non-hydrogen) atoms. The van der Waals surface area contributed by atoms with Crippen LogP contribution in [0.25, 0.3) is 0 Å². The van der Waals surface area contributed by atoms with Crippen molar-refractivity contribution in [3.8, 4) is 0 Å². The largest absolute Gasteiger partial charge is 0.481 e. The summed E-state index contributed by atoms with van der Waals surface area (Å²) in [5.74, 6) is -1.55. The maximum absolute atomic E-state index is 12.8. The van der Waals surface area contributed by atoms with Crippen molar-refractivity contribution in [3.05, 3.63) is 34.3 Å². The maximum Gasteiger partial charge on any atom is 0.303 e. The van der Waals surface area contributed by atoms with Crippen molar-refractivity contribution in [2.75, 3.05) is 22.5 Å². The topological polar surface area (TPSA) is 137 Å². The third kappa shape index (κ3) is 9.86. The second kappa shape index (κ2) is 14.2. The summed E-state index contributed by atoms with van der Waals surface area (Å²) in [5, 5.41) is 17.7. The van der Waals surface area contributed by atoms with Gasteiger partial charge in [-0.25, -0.2) is 4.98 Å². The van der Waals surface area contributed by atoms with Crippen LogP contribution < -0.4 is 16.0 Å². The van der Waals surface area contributed by atoms with E-state index in [4.69, 9.17) is 5.11 Å². The van der Waals surface area contributed by atoms with Gasteiger partial charge in [0, 0.05) is 32.5 Å². The van der Waals surface area contributed by atoms with Gasteiger partial charge >= 0.3 is 5.97 Å². The van der Waals surface area contributed by atoms with Gasteiger partial charge in [-0.05, 0) is 38.0 Å². The fourth-order valence-electron chi connectivity index (χ4n) is 3.60. The number of carbonyl (C=O) groups is 4. The number of ketones is 1. The van der Waals surface area contributed by atoms with Crippen molar-refractivity contribution in [1.82, 2.24) is 4.98 Å². The first-order chi connectivity index (χ1) is 16.7. The molecule has 4 N–H and O–H groups in total. The second-order valence-corrected chi connectivity index (χ2v) is 9.43. The van der Waals surface area contributed by atoms with Gasteiger partial charge in [0.15, 0.2) is 10.9 Å². The average molecular weight is 503 g/mol. The number of thiazole rings is 1. The molecule has 0 atom stereocenters. The van der Waals surface area contributed by atoms with Crippen LogP contribution in [0.15, 0.2) is 18.2 Å². The number of amides is 2. The van der Waals surface area contributed by atoms with Crippen LogP contribution in [0, 0.1) is 6.92 Å². The number of aliphatic carboxylic acids is 1. The molecule has 2 rings (SSSR count). The molecule has 0 spiro atoms. The predicted molar refractivity (Wildman–Crippen MR) is 139 cm³/mol. The van der Waals surface area contributed by atoms with Gasteiger partial charge in [0.25, 0.3) is 5.91 Å². The number of nitrogens with zero attached hydrogens (tertiary/aromatic N) is 1. The number of carboxylic acid groups (broad SMARTS) is 1. The number of nitrogens with one attached hydrogen (secondary N) is 3. The molecular formula is C25H34N4O5S. The summed E-state index contributed by atoms with van der Waals surface area (Å²) in [7, 11) is 0. The average Bonchev–Trinajstić information content (AvgIpc) is 3.14. The van der Waals surface area contributed by atoms with Crippen LogP contribution in [-0.4, -0.2) is 40.2 Å². The molecule has 1 aromatic heterocycles. The Labute approximate surface area is 209 Å². The Morgan fingerprint density at radius 1 is 0.943 bits per heavy atom. The molecule has 2 aromatic rings. The molecule has 10 heteroatoms. The van der Waals surface area contributed by atoms with Crippen LogP contribution in [0.4, 0.5) is 16.5 Å². The van der Waals surface area contributed by atoms with Crippen LogP contribution in [0.2, 0.25) is 0 Å². The number of anilines is 3. The molecule has 9 nitrogen and oxygen atoms in total. The lowest BCUT2D eigenvalue weighted by molar-refractivity contribution is -0.137. The van der Waals surface area contributed by atoms with Crippen LogP contribution in [-0.2, 0) is 9.59 Å². The summed E-state index contributed by atoms with van der Waals surface area (Å²) in [6.45, 7) is 5.31. The summed E-state index contributed by atoms with van der Waals surface area (Å²) >= 11 is 1.12. The second-order valence-electron chi connectivity index (χ2n) is 8.43. The highest BCUT2D eigenvalue weighted by Gasteiger charge is 2.17. The molecule has 2 amide bonds. The summed E-state index contributed by atoms with van der Waals surface area (Å²) in [4.78, 5) is 51.4. The summed E-state index contributed by atoms with van der Waals surface area (Å²) in [6.07, 6.45) is 7.25. The Morgan fingerprint density at radius 2 is 1.60 bits per heavy atom. The van der Waals surface area contributed by atoms with Crippen molar-refractivity contribution >= 4 is 51.4 Å². The lowest BCUT2D eigenvalue weighted by Crippen LogP contribution is -2.17. The maximum atomic E-state index is 12.8. The van der Waals surface area contributed by atoms with Crippen LogP contribution in [0.3, 0.4) is 0 Å². The molecule has 0 bridgehead atoms. The number of aryl methyl sites for hydroxylation is 1. The van der Waals surface area contributed by atoms with E-state index < -0.39 is 11.9 Å². The Bertz CT molecular complexity index is 1050. The molecule has 0 saturated heterocycles.